The number of aryl methyl sites for hydroxylation is 1. The maximum Gasteiger partial charge on any atom is 0.257 e. The van der Waals surface area contributed by atoms with E-state index in [-0.39, 0.29) is 22.1 Å². The first kappa shape index (κ1) is 18.5. The van der Waals surface area contributed by atoms with Crippen molar-refractivity contribution in [3.63, 3.8) is 0 Å². The van der Waals surface area contributed by atoms with Gasteiger partial charge in [-0.2, -0.15) is 0 Å². The Bertz CT molecular complexity index is 1080. The van der Waals surface area contributed by atoms with Crippen molar-refractivity contribution < 1.29 is 8.42 Å². The van der Waals surface area contributed by atoms with Gasteiger partial charge in [0.15, 0.2) is 9.84 Å². The van der Waals surface area contributed by atoms with Crippen LogP contribution in [0.15, 0.2) is 51.5 Å². The SMILES string of the molecule is Cc1cc(-c2csc(CS(=O)(=O)c3ccccc3)n2)c(=O)[nH]c1C(C)C. The number of rotatable bonds is 5. The molecule has 0 saturated carbocycles. The predicted octanol–water partition coefficient (Wildman–Crippen LogP) is 3.90. The highest BCUT2D eigenvalue weighted by Crippen LogP contribution is 2.25. The van der Waals surface area contributed by atoms with Gasteiger partial charge in [-0.1, -0.05) is 32.0 Å². The van der Waals surface area contributed by atoms with Crippen molar-refractivity contribution in [3.05, 3.63) is 68.4 Å². The normalized spacial score (nSPS) is 11.8. The zero-order valence-corrected chi connectivity index (χ0v) is 16.4. The molecule has 0 saturated heterocycles. The Labute approximate surface area is 156 Å². The zero-order valence-electron chi connectivity index (χ0n) is 14.8. The van der Waals surface area contributed by atoms with Gasteiger partial charge in [-0.25, -0.2) is 13.4 Å². The number of nitrogens with zero attached hydrogens (tertiary/aromatic N) is 1. The number of aromatic amines is 1. The van der Waals surface area contributed by atoms with E-state index in [9.17, 15) is 13.2 Å². The lowest BCUT2D eigenvalue weighted by Gasteiger charge is -2.10. The van der Waals surface area contributed by atoms with E-state index in [1.807, 2.05) is 26.8 Å². The first-order chi connectivity index (χ1) is 12.3. The summed E-state index contributed by atoms with van der Waals surface area (Å²) in [6.07, 6.45) is 0. The lowest BCUT2D eigenvalue weighted by Crippen LogP contribution is -2.14. The van der Waals surface area contributed by atoms with Gasteiger partial charge in [0.1, 0.15) is 10.8 Å². The molecule has 2 aromatic heterocycles. The minimum atomic E-state index is -3.46. The molecule has 7 heteroatoms. The summed E-state index contributed by atoms with van der Waals surface area (Å²) < 4.78 is 25.0. The van der Waals surface area contributed by atoms with Gasteiger partial charge in [0, 0.05) is 11.1 Å². The third kappa shape index (κ3) is 3.78. The number of benzene rings is 1. The highest BCUT2D eigenvalue weighted by molar-refractivity contribution is 7.90. The van der Waals surface area contributed by atoms with Crippen molar-refractivity contribution in [2.75, 3.05) is 0 Å². The molecule has 0 atom stereocenters. The first-order valence-corrected chi connectivity index (χ1v) is 10.8. The number of hydrogen-bond donors (Lipinski definition) is 1. The fraction of sp³-hybridized carbons (Fsp3) is 0.263. The maximum absolute atomic E-state index is 12.5. The highest BCUT2D eigenvalue weighted by Gasteiger charge is 2.19. The fourth-order valence-electron chi connectivity index (χ4n) is 2.81. The first-order valence-electron chi connectivity index (χ1n) is 8.24. The molecule has 0 aliphatic rings. The van der Waals surface area contributed by atoms with Crippen LogP contribution in [-0.2, 0) is 15.6 Å². The van der Waals surface area contributed by atoms with Crippen LogP contribution in [0.2, 0.25) is 0 Å². The molecule has 0 amide bonds. The molecule has 2 heterocycles. The molecule has 0 spiro atoms. The number of aromatic nitrogens is 2. The van der Waals surface area contributed by atoms with Crippen molar-refractivity contribution in [2.24, 2.45) is 0 Å². The lowest BCUT2D eigenvalue weighted by molar-refractivity contribution is 0.595. The number of hydrogen-bond acceptors (Lipinski definition) is 5. The molecule has 0 unspecified atom stereocenters. The van der Waals surface area contributed by atoms with Crippen molar-refractivity contribution >= 4 is 21.2 Å². The summed E-state index contributed by atoms with van der Waals surface area (Å²) in [5.41, 5.74) is 2.66. The molecule has 26 heavy (non-hydrogen) atoms. The number of nitrogens with one attached hydrogen (secondary N) is 1. The van der Waals surface area contributed by atoms with Crippen molar-refractivity contribution in [1.29, 1.82) is 0 Å². The van der Waals surface area contributed by atoms with Gasteiger partial charge < -0.3 is 4.98 Å². The third-order valence-corrected chi connectivity index (χ3v) is 6.77. The van der Waals surface area contributed by atoms with Gasteiger partial charge in [0.25, 0.3) is 5.56 Å². The minimum absolute atomic E-state index is 0.178. The maximum atomic E-state index is 12.5. The Hall–Kier alpha value is -2.25. The van der Waals surface area contributed by atoms with E-state index < -0.39 is 9.84 Å². The third-order valence-electron chi connectivity index (χ3n) is 4.10. The molecule has 5 nitrogen and oxygen atoms in total. The number of thiazole rings is 1. The second-order valence-electron chi connectivity index (χ2n) is 6.46. The van der Waals surface area contributed by atoms with Gasteiger partial charge in [0.05, 0.1) is 16.2 Å². The van der Waals surface area contributed by atoms with E-state index >= 15 is 0 Å². The van der Waals surface area contributed by atoms with Crippen LogP contribution in [0.3, 0.4) is 0 Å². The van der Waals surface area contributed by atoms with Crippen LogP contribution in [0.1, 0.15) is 36.0 Å². The van der Waals surface area contributed by atoms with Gasteiger partial charge >= 0.3 is 0 Å². The van der Waals surface area contributed by atoms with E-state index in [2.05, 4.69) is 9.97 Å². The minimum Gasteiger partial charge on any atom is -0.325 e. The smallest absolute Gasteiger partial charge is 0.257 e. The van der Waals surface area contributed by atoms with Crippen molar-refractivity contribution in [3.8, 4) is 11.3 Å². The quantitative estimate of drug-likeness (QED) is 0.719. The molecule has 0 fully saturated rings. The van der Waals surface area contributed by atoms with Crippen LogP contribution < -0.4 is 5.56 Å². The zero-order chi connectivity index (χ0) is 18.9. The average molecular weight is 389 g/mol. The van der Waals surface area contributed by atoms with E-state index in [4.69, 9.17) is 0 Å². The summed E-state index contributed by atoms with van der Waals surface area (Å²) in [5.74, 6) is 0.0431. The van der Waals surface area contributed by atoms with E-state index in [1.54, 1.807) is 35.7 Å². The summed E-state index contributed by atoms with van der Waals surface area (Å²) >= 11 is 1.25. The standard InChI is InChI=1S/C19H20N2O3S2/c1-12(2)18-13(3)9-15(19(22)21-18)16-10-25-17(20-16)11-26(23,24)14-7-5-4-6-8-14/h4-10,12H,11H2,1-3H3,(H,21,22). The number of pyridine rings is 1. The van der Waals surface area contributed by atoms with Crippen LogP contribution in [0.4, 0.5) is 0 Å². The van der Waals surface area contributed by atoms with Gasteiger partial charge in [-0.15, -0.1) is 11.3 Å². The molecular weight excluding hydrogens is 368 g/mol. The summed E-state index contributed by atoms with van der Waals surface area (Å²) in [6, 6.07) is 10.1. The molecule has 136 valence electrons. The molecule has 0 aliphatic heterocycles. The fourth-order valence-corrected chi connectivity index (χ4v) is 5.26. The van der Waals surface area contributed by atoms with Crippen molar-refractivity contribution in [1.82, 2.24) is 9.97 Å². The molecule has 1 N–H and O–H groups in total. The van der Waals surface area contributed by atoms with Gasteiger partial charge in [0.2, 0.25) is 0 Å². The Morgan fingerprint density at radius 1 is 1.19 bits per heavy atom. The molecule has 1 aromatic carbocycles. The monoisotopic (exact) mass is 388 g/mol. The Balaban J connectivity index is 1.92. The van der Waals surface area contributed by atoms with Crippen LogP contribution in [0.25, 0.3) is 11.3 Å². The summed E-state index contributed by atoms with van der Waals surface area (Å²) in [6.45, 7) is 5.99. The lowest BCUT2D eigenvalue weighted by atomic mass is 10.0. The highest BCUT2D eigenvalue weighted by atomic mass is 32.2. The van der Waals surface area contributed by atoms with E-state index in [0.717, 1.165) is 11.3 Å². The van der Waals surface area contributed by atoms with Crippen molar-refractivity contribution in [2.45, 2.75) is 37.3 Å². The number of H-pyrrole nitrogens is 1. The second-order valence-corrected chi connectivity index (χ2v) is 9.39. The Morgan fingerprint density at radius 3 is 2.54 bits per heavy atom. The Kier molecular flexibility index (Phi) is 5.11. The molecule has 0 radical (unpaired) electrons. The van der Waals surface area contributed by atoms with Crippen LogP contribution in [0, 0.1) is 6.92 Å². The van der Waals surface area contributed by atoms with E-state index in [1.165, 1.54) is 11.3 Å². The molecule has 3 rings (SSSR count). The van der Waals surface area contributed by atoms with Crippen LogP contribution in [0.5, 0.6) is 0 Å². The van der Waals surface area contributed by atoms with Gasteiger partial charge in [-0.05, 0) is 36.6 Å². The summed E-state index contributed by atoms with van der Waals surface area (Å²) in [4.78, 5) is 20.0. The van der Waals surface area contributed by atoms with Gasteiger partial charge in [-0.3, -0.25) is 4.79 Å². The summed E-state index contributed by atoms with van der Waals surface area (Å²) in [5, 5.41) is 2.20. The summed E-state index contributed by atoms with van der Waals surface area (Å²) in [7, 11) is -3.46. The van der Waals surface area contributed by atoms with E-state index in [0.29, 0.717) is 16.3 Å². The molecule has 0 aliphatic carbocycles. The molecule has 3 aromatic rings. The second kappa shape index (κ2) is 7.17. The molecular formula is C19H20N2O3S2. The molecule has 0 bridgehead atoms. The van der Waals surface area contributed by atoms with Crippen LogP contribution in [-0.4, -0.2) is 18.4 Å². The largest absolute Gasteiger partial charge is 0.325 e. The average Bonchev–Trinajstić information content (AvgIpc) is 3.04. The predicted molar refractivity (Wildman–Crippen MR) is 104 cm³/mol. The number of sulfone groups is 1. The Morgan fingerprint density at radius 2 is 1.88 bits per heavy atom. The topological polar surface area (TPSA) is 79.9 Å². The van der Waals surface area contributed by atoms with Crippen LogP contribution >= 0.6 is 11.3 Å².